The predicted molar refractivity (Wildman–Crippen MR) is 77.6 cm³/mol. The second-order valence-corrected chi connectivity index (χ2v) is 4.68. The molecule has 9 nitrogen and oxygen atoms in total. The lowest BCUT2D eigenvalue weighted by atomic mass is 10.1. The summed E-state index contributed by atoms with van der Waals surface area (Å²) in [5, 5.41) is 19.3. The molecule has 0 aliphatic rings. The smallest absolute Gasteiger partial charge is 0.321 e. The molecule has 0 unspecified atom stereocenters. The molecule has 2 aromatic rings. The summed E-state index contributed by atoms with van der Waals surface area (Å²) in [6.45, 7) is 1.32. The highest BCUT2D eigenvalue weighted by atomic mass is 16.4. The van der Waals surface area contributed by atoms with Crippen molar-refractivity contribution in [3.8, 4) is 0 Å². The molecule has 2 N–H and O–H groups in total. The van der Waals surface area contributed by atoms with Crippen molar-refractivity contribution in [3.63, 3.8) is 0 Å². The van der Waals surface area contributed by atoms with Crippen LogP contribution in [0.2, 0.25) is 0 Å². The van der Waals surface area contributed by atoms with Gasteiger partial charge in [-0.2, -0.15) is 5.10 Å². The molecule has 0 fully saturated rings. The summed E-state index contributed by atoms with van der Waals surface area (Å²) in [6, 6.07) is 4.02. The van der Waals surface area contributed by atoms with Crippen molar-refractivity contribution < 1.29 is 19.5 Å². The minimum absolute atomic E-state index is 0.0845. The molecule has 2 rings (SSSR count). The largest absolute Gasteiger partial charge is 0.543 e. The van der Waals surface area contributed by atoms with Crippen LogP contribution in [0.3, 0.4) is 0 Å². The first-order valence-corrected chi connectivity index (χ1v) is 6.62. The molecule has 0 saturated carbocycles. The summed E-state index contributed by atoms with van der Waals surface area (Å²) in [7, 11) is 1.32. The van der Waals surface area contributed by atoms with Crippen LogP contribution in [-0.4, -0.2) is 34.7 Å². The Labute approximate surface area is 129 Å². The molecule has 1 atom stereocenters. The number of benzene rings is 1. The molecular weight excluding hydrogens is 304 g/mol. The highest BCUT2D eigenvalue weighted by Crippen LogP contribution is 2.14. The highest BCUT2D eigenvalue weighted by Gasteiger charge is 2.21. The molecule has 120 valence electrons. The van der Waals surface area contributed by atoms with Gasteiger partial charge in [-0.3, -0.25) is 14.9 Å². The van der Waals surface area contributed by atoms with Gasteiger partial charge in [0.25, 0.3) is 11.5 Å². The van der Waals surface area contributed by atoms with Gasteiger partial charge in [0.1, 0.15) is 11.7 Å². The van der Waals surface area contributed by atoms with E-state index in [4.69, 9.17) is 0 Å². The number of nitrogens with zero attached hydrogens (tertiary/aromatic N) is 2. The SMILES string of the molecule is CNC(=O)NC(=O)[C@H](C)n1nc(C(=O)[O-])c2ccccc2c1=O. The van der Waals surface area contributed by atoms with E-state index in [9.17, 15) is 24.3 Å². The highest BCUT2D eigenvalue weighted by molar-refractivity contribution is 6.00. The maximum absolute atomic E-state index is 12.4. The Hall–Kier alpha value is -3.23. The van der Waals surface area contributed by atoms with Gasteiger partial charge in [-0.15, -0.1) is 0 Å². The van der Waals surface area contributed by atoms with E-state index >= 15 is 0 Å². The fourth-order valence-corrected chi connectivity index (χ4v) is 2.01. The van der Waals surface area contributed by atoms with Gasteiger partial charge in [0.2, 0.25) is 0 Å². The molecule has 9 heteroatoms. The standard InChI is InChI=1S/C14H14N4O5/c1-7(11(19)16-14(23)15-2)18-12(20)9-6-4-3-5-8(9)10(17-18)13(21)22/h3-7H,1-2H3,(H,21,22)(H2,15,16,19,23)/p-1/t7-/m0/s1. The van der Waals surface area contributed by atoms with Gasteiger partial charge in [-0.1, -0.05) is 18.2 Å². The Morgan fingerprint density at radius 1 is 1.22 bits per heavy atom. The minimum atomic E-state index is -1.58. The maximum atomic E-state index is 12.4. The van der Waals surface area contributed by atoms with E-state index in [1.165, 1.54) is 26.1 Å². The van der Waals surface area contributed by atoms with Crippen molar-refractivity contribution in [2.24, 2.45) is 0 Å². The normalized spacial score (nSPS) is 11.7. The van der Waals surface area contributed by atoms with Crippen molar-refractivity contribution in [2.45, 2.75) is 13.0 Å². The Bertz CT molecular complexity index is 858. The van der Waals surface area contributed by atoms with Gasteiger partial charge in [-0.25, -0.2) is 9.48 Å². The van der Waals surface area contributed by atoms with Crippen molar-refractivity contribution in [3.05, 3.63) is 40.3 Å². The van der Waals surface area contributed by atoms with Crippen LogP contribution in [0.5, 0.6) is 0 Å². The number of carbonyl (C=O) groups is 3. The van der Waals surface area contributed by atoms with E-state index in [1.807, 2.05) is 5.32 Å². The van der Waals surface area contributed by atoms with Crippen molar-refractivity contribution in [1.82, 2.24) is 20.4 Å². The van der Waals surface area contributed by atoms with E-state index in [1.54, 1.807) is 12.1 Å². The fraction of sp³-hybridized carbons (Fsp3) is 0.214. The number of urea groups is 1. The zero-order chi connectivity index (χ0) is 17.1. The van der Waals surface area contributed by atoms with Crippen LogP contribution >= 0.6 is 0 Å². The van der Waals surface area contributed by atoms with Crippen LogP contribution in [0.25, 0.3) is 10.8 Å². The molecule has 0 radical (unpaired) electrons. The molecule has 3 amide bonds. The van der Waals surface area contributed by atoms with Crippen LogP contribution in [0, 0.1) is 0 Å². The average molecular weight is 317 g/mol. The summed E-state index contributed by atoms with van der Waals surface area (Å²) < 4.78 is 0.714. The van der Waals surface area contributed by atoms with E-state index < -0.39 is 35.2 Å². The molecule has 1 aromatic carbocycles. The zero-order valence-corrected chi connectivity index (χ0v) is 12.3. The molecule has 0 bridgehead atoms. The molecule has 0 aliphatic carbocycles. The van der Waals surface area contributed by atoms with E-state index in [0.717, 1.165) is 0 Å². The molecule has 1 heterocycles. The first-order chi connectivity index (χ1) is 10.9. The number of imide groups is 1. The summed E-state index contributed by atoms with van der Waals surface area (Å²) in [5.74, 6) is -2.38. The first kappa shape index (κ1) is 16.1. The van der Waals surface area contributed by atoms with Crippen molar-refractivity contribution in [1.29, 1.82) is 0 Å². The van der Waals surface area contributed by atoms with Gasteiger partial charge < -0.3 is 15.2 Å². The maximum Gasteiger partial charge on any atom is 0.321 e. The lowest BCUT2D eigenvalue weighted by Crippen LogP contribution is -2.44. The predicted octanol–water partition coefficient (Wildman–Crippen LogP) is -1.22. The number of hydrogen-bond acceptors (Lipinski definition) is 6. The van der Waals surface area contributed by atoms with Crippen LogP contribution < -0.4 is 21.3 Å². The summed E-state index contributed by atoms with van der Waals surface area (Å²) >= 11 is 0. The minimum Gasteiger partial charge on any atom is -0.543 e. The van der Waals surface area contributed by atoms with Gasteiger partial charge in [0, 0.05) is 12.4 Å². The zero-order valence-electron chi connectivity index (χ0n) is 12.3. The quantitative estimate of drug-likeness (QED) is 0.728. The van der Waals surface area contributed by atoms with Gasteiger partial charge in [0.15, 0.2) is 0 Å². The molecule has 0 saturated heterocycles. The number of rotatable bonds is 3. The number of carboxylic acid groups (broad SMARTS) is 1. The third-order valence-corrected chi connectivity index (χ3v) is 3.23. The van der Waals surface area contributed by atoms with Crippen LogP contribution in [0.1, 0.15) is 23.5 Å². The summed E-state index contributed by atoms with van der Waals surface area (Å²) in [6.07, 6.45) is 0. The number of aromatic carboxylic acids is 1. The number of carboxylic acids is 1. The van der Waals surface area contributed by atoms with E-state index in [0.29, 0.717) is 4.68 Å². The molecular formula is C14H13N4O5-. The molecule has 0 spiro atoms. The van der Waals surface area contributed by atoms with Crippen molar-refractivity contribution in [2.75, 3.05) is 7.05 Å². The van der Waals surface area contributed by atoms with E-state index in [2.05, 4.69) is 10.4 Å². The topological polar surface area (TPSA) is 133 Å². The fourth-order valence-electron chi connectivity index (χ4n) is 2.01. The summed E-state index contributed by atoms with van der Waals surface area (Å²) in [5.41, 5.74) is -1.11. The van der Waals surface area contributed by atoms with Crippen LogP contribution in [-0.2, 0) is 4.79 Å². The number of nitrogens with one attached hydrogen (secondary N) is 2. The molecule has 23 heavy (non-hydrogen) atoms. The Morgan fingerprint density at radius 2 is 1.83 bits per heavy atom. The van der Waals surface area contributed by atoms with Gasteiger partial charge in [-0.05, 0) is 13.0 Å². The Balaban J connectivity index is 2.59. The van der Waals surface area contributed by atoms with Crippen molar-refractivity contribution >= 4 is 28.7 Å². The lowest BCUT2D eigenvalue weighted by Gasteiger charge is -2.16. The first-order valence-electron chi connectivity index (χ1n) is 6.62. The molecule has 1 aromatic heterocycles. The number of aromatic nitrogens is 2. The Morgan fingerprint density at radius 3 is 2.39 bits per heavy atom. The second kappa shape index (κ2) is 6.26. The second-order valence-electron chi connectivity index (χ2n) is 4.68. The van der Waals surface area contributed by atoms with Gasteiger partial charge in [0.05, 0.1) is 11.4 Å². The number of amides is 3. The number of hydrogen-bond donors (Lipinski definition) is 2. The van der Waals surface area contributed by atoms with Crippen LogP contribution in [0.4, 0.5) is 4.79 Å². The number of carbonyl (C=O) groups excluding carboxylic acids is 3. The molecule has 0 aliphatic heterocycles. The third-order valence-electron chi connectivity index (χ3n) is 3.23. The van der Waals surface area contributed by atoms with Crippen LogP contribution in [0.15, 0.2) is 29.1 Å². The summed E-state index contributed by atoms with van der Waals surface area (Å²) in [4.78, 5) is 46.8. The van der Waals surface area contributed by atoms with E-state index in [-0.39, 0.29) is 10.8 Å². The monoisotopic (exact) mass is 317 g/mol. The lowest BCUT2D eigenvalue weighted by molar-refractivity contribution is -0.255. The van der Waals surface area contributed by atoms with Gasteiger partial charge >= 0.3 is 6.03 Å². The number of fused-ring (bicyclic) bond motifs is 1. The Kier molecular flexibility index (Phi) is 4.39. The third kappa shape index (κ3) is 3.03. The average Bonchev–Trinajstić information content (AvgIpc) is 2.54.